The normalized spacial score (nSPS) is 24.7. The van der Waals surface area contributed by atoms with Gasteiger partial charge < -0.3 is 9.31 Å². The van der Waals surface area contributed by atoms with Gasteiger partial charge in [0.15, 0.2) is 0 Å². The maximum absolute atomic E-state index is 8.64. The van der Waals surface area contributed by atoms with Gasteiger partial charge in [-0.2, -0.15) is 5.26 Å². The van der Waals surface area contributed by atoms with E-state index in [2.05, 4.69) is 33.8 Å². The van der Waals surface area contributed by atoms with E-state index in [1.54, 1.807) is 0 Å². The largest absolute Gasteiger partial charge is 0.461 e. The number of rotatable bonds is 8. The third kappa shape index (κ3) is 4.99. The molecule has 0 N–H and O–H groups in total. The van der Waals surface area contributed by atoms with Gasteiger partial charge in [-0.15, -0.1) is 0 Å². The summed E-state index contributed by atoms with van der Waals surface area (Å²) in [6.07, 6.45) is 13.4. The average Bonchev–Trinajstić information content (AvgIpc) is 2.75. The molecule has 2 fully saturated rings. The Hall–Kier alpha value is -0.525. The van der Waals surface area contributed by atoms with Crippen molar-refractivity contribution in [2.45, 2.75) is 115 Å². The molecule has 0 aromatic carbocycles. The second kappa shape index (κ2) is 8.72. The zero-order valence-corrected chi connectivity index (χ0v) is 16.3. The standard InChI is InChI=1S/C20H36BNO2/c1-19(2)20(3,4)24-21(23-19)18(17-13-9-8-10-14-17)15-11-6-5-7-12-16-22/h17-18H,5-15H2,1-4H3. The van der Waals surface area contributed by atoms with Crippen LogP contribution in [0.4, 0.5) is 0 Å². The molecule has 4 heteroatoms. The van der Waals surface area contributed by atoms with E-state index in [4.69, 9.17) is 14.6 Å². The van der Waals surface area contributed by atoms with Gasteiger partial charge >= 0.3 is 7.12 Å². The van der Waals surface area contributed by atoms with Crippen molar-refractivity contribution >= 4 is 7.12 Å². The molecule has 2 aliphatic rings. The van der Waals surface area contributed by atoms with Gasteiger partial charge in [-0.3, -0.25) is 0 Å². The minimum atomic E-state index is -0.225. The third-order valence-corrected chi connectivity index (χ3v) is 6.45. The van der Waals surface area contributed by atoms with Crippen molar-refractivity contribution in [3.05, 3.63) is 0 Å². The summed E-state index contributed by atoms with van der Waals surface area (Å²) in [7, 11) is -0.0443. The third-order valence-electron chi connectivity index (χ3n) is 6.45. The molecule has 0 spiro atoms. The monoisotopic (exact) mass is 333 g/mol. The lowest BCUT2D eigenvalue weighted by atomic mass is 9.59. The summed E-state index contributed by atoms with van der Waals surface area (Å²) in [6, 6.07) is 2.24. The lowest BCUT2D eigenvalue weighted by Gasteiger charge is -2.32. The molecule has 1 saturated heterocycles. The Bertz CT molecular complexity index is 408. The smallest absolute Gasteiger partial charge is 0.403 e. The number of hydrogen-bond acceptors (Lipinski definition) is 3. The maximum Gasteiger partial charge on any atom is 0.461 e. The quantitative estimate of drug-likeness (QED) is 0.410. The topological polar surface area (TPSA) is 42.2 Å². The Morgan fingerprint density at radius 1 is 0.958 bits per heavy atom. The zero-order chi connectivity index (χ0) is 17.6. The van der Waals surface area contributed by atoms with Crippen molar-refractivity contribution in [1.82, 2.24) is 0 Å². The fourth-order valence-corrected chi connectivity index (χ4v) is 4.16. The van der Waals surface area contributed by atoms with E-state index in [0.29, 0.717) is 12.2 Å². The van der Waals surface area contributed by atoms with Crippen LogP contribution in [0.5, 0.6) is 0 Å². The zero-order valence-electron chi connectivity index (χ0n) is 16.3. The van der Waals surface area contributed by atoms with Gasteiger partial charge in [0.05, 0.1) is 17.3 Å². The molecule has 0 aromatic rings. The number of hydrogen-bond donors (Lipinski definition) is 0. The van der Waals surface area contributed by atoms with Gasteiger partial charge in [-0.25, -0.2) is 0 Å². The van der Waals surface area contributed by atoms with Crippen LogP contribution in [0.2, 0.25) is 5.82 Å². The first-order valence-electron chi connectivity index (χ1n) is 10.1. The van der Waals surface area contributed by atoms with Crippen molar-refractivity contribution in [3.63, 3.8) is 0 Å². The second-order valence-corrected chi connectivity index (χ2v) is 8.80. The van der Waals surface area contributed by atoms with Crippen LogP contribution in [-0.2, 0) is 9.31 Å². The van der Waals surface area contributed by atoms with Crippen LogP contribution in [-0.4, -0.2) is 18.3 Å². The number of unbranched alkanes of at least 4 members (excludes halogenated alkanes) is 4. The summed E-state index contributed by atoms with van der Waals surface area (Å²) in [6.45, 7) is 8.64. The number of nitrogens with zero attached hydrogens (tertiary/aromatic N) is 1. The Balaban J connectivity index is 1.92. The lowest BCUT2D eigenvalue weighted by molar-refractivity contribution is 0.00578. The van der Waals surface area contributed by atoms with Crippen molar-refractivity contribution < 1.29 is 9.31 Å². The highest BCUT2D eigenvalue weighted by Gasteiger charge is 2.54. The van der Waals surface area contributed by atoms with Gasteiger partial charge in [-0.05, 0) is 45.9 Å². The van der Waals surface area contributed by atoms with E-state index in [1.807, 2.05) is 0 Å². The van der Waals surface area contributed by atoms with Crippen LogP contribution in [0.25, 0.3) is 0 Å². The highest BCUT2D eigenvalue weighted by molar-refractivity contribution is 6.47. The first kappa shape index (κ1) is 19.8. The van der Waals surface area contributed by atoms with Crippen molar-refractivity contribution in [1.29, 1.82) is 5.26 Å². The number of nitriles is 1. The van der Waals surface area contributed by atoms with Crippen LogP contribution in [0.15, 0.2) is 0 Å². The molecule has 0 radical (unpaired) electrons. The van der Waals surface area contributed by atoms with Crippen LogP contribution < -0.4 is 0 Å². The van der Waals surface area contributed by atoms with Gasteiger partial charge in [0, 0.05) is 6.42 Å². The summed E-state index contributed by atoms with van der Waals surface area (Å²) in [5, 5.41) is 8.64. The minimum Gasteiger partial charge on any atom is -0.403 e. The fourth-order valence-electron chi connectivity index (χ4n) is 4.16. The van der Waals surface area contributed by atoms with Gasteiger partial charge in [-0.1, -0.05) is 57.8 Å². The summed E-state index contributed by atoms with van der Waals surface area (Å²) in [5.41, 5.74) is -0.450. The molecule has 1 unspecified atom stereocenters. The van der Waals surface area contributed by atoms with Crippen molar-refractivity contribution in [2.24, 2.45) is 5.92 Å². The Morgan fingerprint density at radius 2 is 1.54 bits per heavy atom. The molecule has 1 heterocycles. The fraction of sp³-hybridized carbons (Fsp3) is 0.950. The van der Waals surface area contributed by atoms with E-state index in [0.717, 1.165) is 12.3 Å². The van der Waals surface area contributed by atoms with Crippen LogP contribution >= 0.6 is 0 Å². The lowest BCUT2D eigenvalue weighted by Crippen LogP contribution is -2.41. The molecule has 0 bridgehead atoms. The molecule has 1 aliphatic heterocycles. The summed E-state index contributed by atoms with van der Waals surface area (Å²) in [5.74, 6) is 1.29. The molecule has 3 nitrogen and oxygen atoms in total. The Morgan fingerprint density at radius 3 is 2.12 bits per heavy atom. The molecule has 0 aromatic heterocycles. The van der Waals surface area contributed by atoms with E-state index in [9.17, 15) is 0 Å². The molecule has 1 aliphatic carbocycles. The van der Waals surface area contributed by atoms with E-state index in [-0.39, 0.29) is 18.3 Å². The molecule has 24 heavy (non-hydrogen) atoms. The highest BCUT2D eigenvalue weighted by Crippen LogP contribution is 2.46. The second-order valence-electron chi connectivity index (χ2n) is 8.80. The van der Waals surface area contributed by atoms with Gasteiger partial charge in [0.1, 0.15) is 0 Å². The minimum absolute atomic E-state index is 0.0443. The SMILES string of the molecule is CC1(C)OB(C(CCCCCCC#N)C2CCCCC2)OC1(C)C. The average molecular weight is 333 g/mol. The molecular formula is C20H36BNO2. The highest BCUT2D eigenvalue weighted by atomic mass is 16.7. The van der Waals surface area contributed by atoms with Crippen LogP contribution in [0.1, 0.15) is 98.3 Å². The molecule has 1 saturated carbocycles. The van der Waals surface area contributed by atoms with Gasteiger partial charge in [0.2, 0.25) is 0 Å². The Labute approximate surface area is 149 Å². The van der Waals surface area contributed by atoms with Crippen molar-refractivity contribution in [3.8, 4) is 6.07 Å². The Kier molecular flexibility index (Phi) is 7.19. The maximum atomic E-state index is 8.64. The van der Waals surface area contributed by atoms with Crippen LogP contribution in [0, 0.1) is 17.2 Å². The first-order chi connectivity index (χ1) is 11.4. The van der Waals surface area contributed by atoms with E-state index < -0.39 is 0 Å². The molecule has 2 rings (SSSR count). The summed E-state index contributed by atoms with van der Waals surface area (Å²) >= 11 is 0. The van der Waals surface area contributed by atoms with Crippen molar-refractivity contribution in [2.75, 3.05) is 0 Å². The summed E-state index contributed by atoms with van der Waals surface area (Å²) in [4.78, 5) is 0. The van der Waals surface area contributed by atoms with E-state index in [1.165, 1.54) is 57.8 Å². The molecule has 1 atom stereocenters. The molecule has 0 amide bonds. The molecule has 136 valence electrons. The predicted molar refractivity (Wildman–Crippen MR) is 99.7 cm³/mol. The summed E-state index contributed by atoms with van der Waals surface area (Å²) < 4.78 is 12.8. The predicted octanol–water partition coefficient (Wildman–Crippen LogP) is 5.89. The van der Waals surface area contributed by atoms with E-state index >= 15 is 0 Å². The van der Waals surface area contributed by atoms with Gasteiger partial charge in [0.25, 0.3) is 0 Å². The first-order valence-corrected chi connectivity index (χ1v) is 10.1. The van der Waals surface area contributed by atoms with Crippen LogP contribution in [0.3, 0.4) is 0 Å². The molecular weight excluding hydrogens is 297 g/mol.